The molecule has 0 aliphatic carbocycles. The highest BCUT2D eigenvalue weighted by Gasteiger charge is 2.34. The number of aromatic nitrogens is 2. The maximum atomic E-state index is 13.2. The molecule has 1 aromatic carbocycles. The van der Waals surface area contributed by atoms with E-state index in [-0.39, 0.29) is 0 Å². The molecule has 3 heterocycles. The van der Waals surface area contributed by atoms with E-state index in [2.05, 4.69) is 14.8 Å². The zero-order valence-electron chi connectivity index (χ0n) is 16.4. The van der Waals surface area contributed by atoms with E-state index >= 15 is 0 Å². The van der Waals surface area contributed by atoms with Crippen molar-refractivity contribution in [1.29, 1.82) is 0 Å². The number of hydrogen-bond acceptors (Lipinski definition) is 4. The number of benzene rings is 1. The minimum absolute atomic E-state index is 0.308. The Morgan fingerprint density at radius 3 is 2.52 bits per heavy atom. The third kappa shape index (κ3) is 4.59. The maximum absolute atomic E-state index is 13.2. The number of nitrogens with one attached hydrogen (secondary N) is 1. The molecule has 158 valence electrons. The van der Waals surface area contributed by atoms with Gasteiger partial charge in [-0.2, -0.15) is 13.2 Å². The van der Waals surface area contributed by atoms with Gasteiger partial charge >= 0.3 is 6.18 Å². The summed E-state index contributed by atoms with van der Waals surface area (Å²) in [5.41, 5.74) is -0.110. The highest BCUT2D eigenvalue weighted by atomic mass is 19.4. The average Bonchev–Trinajstić information content (AvgIpc) is 3.36. The molecular weight excluding hydrogens is 381 g/mol. The summed E-state index contributed by atoms with van der Waals surface area (Å²) >= 11 is 0. The van der Waals surface area contributed by atoms with E-state index in [0.717, 1.165) is 70.1 Å². The van der Waals surface area contributed by atoms with E-state index in [9.17, 15) is 18.3 Å². The lowest BCUT2D eigenvalue weighted by atomic mass is 9.97. The third-order valence-corrected chi connectivity index (χ3v) is 5.97. The lowest BCUT2D eigenvalue weighted by molar-refractivity contribution is -0.138. The van der Waals surface area contributed by atoms with Gasteiger partial charge in [0, 0.05) is 30.8 Å². The summed E-state index contributed by atoms with van der Waals surface area (Å²) in [6, 6.07) is 3.60. The molecule has 2 aliphatic heterocycles. The van der Waals surface area contributed by atoms with Crippen molar-refractivity contribution >= 4 is 0 Å². The van der Waals surface area contributed by atoms with E-state index in [4.69, 9.17) is 4.98 Å². The Kier molecular flexibility index (Phi) is 5.83. The Morgan fingerprint density at radius 2 is 1.83 bits per heavy atom. The molecule has 0 radical (unpaired) electrons. The number of halogens is 3. The molecule has 2 aromatic rings. The summed E-state index contributed by atoms with van der Waals surface area (Å²) in [5, 5.41) is 13.0. The number of rotatable bonds is 5. The topological polar surface area (TPSA) is 53.3 Å². The van der Waals surface area contributed by atoms with Crippen LogP contribution in [0.25, 0.3) is 11.3 Å². The molecule has 2 N–H and O–H groups in total. The first kappa shape index (κ1) is 20.2. The number of phenolic OH excluding ortho intramolecular Hbond substituents is 1. The number of piperidine rings is 1. The first-order chi connectivity index (χ1) is 13.9. The lowest BCUT2D eigenvalue weighted by Crippen LogP contribution is -2.29. The summed E-state index contributed by atoms with van der Waals surface area (Å²) in [7, 11) is 0. The number of alkyl halides is 3. The summed E-state index contributed by atoms with van der Waals surface area (Å²) < 4.78 is 41.8. The Hall–Kier alpha value is -2.06. The van der Waals surface area contributed by atoms with Crippen LogP contribution in [0.15, 0.2) is 24.4 Å². The number of hydrogen-bond donors (Lipinski definition) is 2. The Morgan fingerprint density at radius 1 is 1.10 bits per heavy atom. The number of imidazole rings is 1. The largest absolute Gasteiger partial charge is 0.507 e. The monoisotopic (exact) mass is 408 g/mol. The summed E-state index contributed by atoms with van der Waals surface area (Å²) in [4.78, 5) is 7.19. The van der Waals surface area contributed by atoms with Crippen LogP contribution in [-0.4, -0.2) is 52.3 Å². The Labute approximate surface area is 168 Å². The minimum Gasteiger partial charge on any atom is -0.507 e. The van der Waals surface area contributed by atoms with Gasteiger partial charge < -0.3 is 19.9 Å². The predicted octanol–water partition coefficient (Wildman–Crippen LogP) is 3.84. The predicted molar refractivity (Wildman–Crippen MR) is 105 cm³/mol. The normalized spacial score (nSPS) is 19.1. The van der Waals surface area contributed by atoms with Crippen molar-refractivity contribution < 1.29 is 18.3 Å². The van der Waals surface area contributed by atoms with Gasteiger partial charge in [-0.05, 0) is 70.1 Å². The molecule has 0 saturated carbocycles. The van der Waals surface area contributed by atoms with Crippen LogP contribution in [0.3, 0.4) is 0 Å². The van der Waals surface area contributed by atoms with Gasteiger partial charge in [0.05, 0.1) is 11.3 Å². The number of phenols is 1. The molecular formula is C21H27F3N4O. The van der Waals surface area contributed by atoms with E-state index in [1.165, 1.54) is 18.9 Å². The van der Waals surface area contributed by atoms with Crippen LogP contribution in [0.2, 0.25) is 0 Å². The van der Waals surface area contributed by atoms with Crippen molar-refractivity contribution in [3.8, 4) is 17.0 Å². The molecule has 0 unspecified atom stereocenters. The summed E-state index contributed by atoms with van der Waals surface area (Å²) in [5.74, 6) is 0.512. The number of nitrogens with zero attached hydrogens (tertiary/aromatic N) is 3. The van der Waals surface area contributed by atoms with Crippen molar-refractivity contribution in [3.05, 3.63) is 35.8 Å². The molecule has 0 amide bonds. The SMILES string of the molecule is Oc1ccc(-c2cn(CCN3CCCC3)c(C3CCNCC3)n2)cc1C(F)(F)F. The van der Waals surface area contributed by atoms with Crippen LogP contribution < -0.4 is 5.32 Å². The molecule has 0 spiro atoms. The smallest absolute Gasteiger partial charge is 0.419 e. The molecule has 8 heteroatoms. The van der Waals surface area contributed by atoms with Gasteiger partial charge in [0.15, 0.2) is 0 Å². The standard InChI is InChI=1S/C21H27F3N4O/c22-21(23,24)17-13-16(3-4-19(17)29)18-14-28(12-11-27-9-1-2-10-27)20(26-18)15-5-7-25-8-6-15/h3-4,13-15,25,29H,1-2,5-12H2. The Bertz CT molecular complexity index is 837. The molecule has 0 bridgehead atoms. The van der Waals surface area contributed by atoms with Crippen molar-refractivity contribution in [2.75, 3.05) is 32.7 Å². The van der Waals surface area contributed by atoms with E-state index < -0.39 is 17.5 Å². The van der Waals surface area contributed by atoms with Gasteiger partial charge in [-0.25, -0.2) is 4.98 Å². The zero-order chi connectivity index (χ0) is 20.4. The molecule has 29 heavy (non-hydrogen) atoms. The number of aromatic hydroxyl groups is 1. The fraction of sp³-hybridized carbons (Fsp3) is 0.571. The highest BCUT2D eigenvalue weighted by Crippen LogP contribution is 2.38. The van der Waals surface area contributed by atoms with Crippen molar-refractivity contribution in [2.45, 2.75) is 44.3 Å². The minimum atomic E-state index is -4.60. The first-order valence-corrected chi connectivity index (χ1v) is 10.3. The number of likely N-dealkylation sites (tertiary alicyclic amines) is 1. The lowest BCUT2D eigenvalue weighted by Gasteiger charge is -2.24. The van der Waals surface area contributed by atoms with E-state index in [1.807, 2.05) is 6.20 Å². The van der Waals surface area contributed by atoms with Gasteiger partial charge in [0.1, 0.15) is 11.6 Å². The van der Waals surface area contributed by atoms with Crippen LogP contribution in [0, 0.1) is 0 Å². The third-order valence-electron chi connectivity index (χ3n) is 5.97. The van der Waals surface area contributed by atoms with Crippen LogP contribution in [-0.2, 0) is 12.7 Å². The second-order valence-corrected chi connectivity index (χ2v) is 7.98. The van der Waals surface area contributed by atoms with Crippen molar-refractivity contribution in [3.63, 3.8) is 0 Å². The maximum Gasteiger partial charge on any atom is 0.419 e. The van der Waals surface area contributed by atoms with Gasteiger partial charge in [0.25, 0.3) is 0 Å². The molecule has 2 aliphatic rings. The average molecular weight is 408 g/mol. The molecule has 1 aromatic heterocycles. The molecule has 0 atom stereocenters. The van der Waals surface area contributed by atoms with Crippen molar-refractivity contribution in [2.24, 2.45) is 0 Å². The van der Waals surface area contributed by atoms with E-state index in [1.54, 1.807) is 0 Å². The van der Waals surface area contributed by atoms with Gasteiger partial charge in [-0.3, -0.25) is 0 Å². The highest BCUT2D eigenvalue weighted by molar-refractivity contribution is 5.62. The second-order valence-electron chi connectivity index (χ2n) is 7.98. The molecule has 2 saturated heterocycles. The first-order valence-electron chi connectivity index (χ1n) is 10.3. The Balaban J connectivity index is 1.64. The molecule has 2 fully saturated rings. The van der Waals surface area contributed by atoms with Crippen LogP contribution in [0.1, 0.15) is 43.0 Å². The molecule has 4 rings (SSSR count). The van der Waals surface area contributed by atoms with Gasteiger partial charge in [0.2, 0.25) is 0 Å². The quantitative estimate of drug-likeness (QED) is 0.790. The van der Waals surface area contributed by atoms with Crippen LogP contribution in [0.5, 0.6) is 5.75 Å². The van der Waals surface area contributed by atoms with Crippen LogP contribution in [0.4, 0.5) is 13.2 Å². The van der Waals surface area contributed by atoms with Gasteiger partial charge in [-0.15, -0.1) is 0 Å². The van der Waals surface area contributed by atoms with Crippen LogP contribution >= 0.6 is 0 Å². The van der Waals surface area contributed by atoms with Crippen molar-refractivity contribution in [1.82, 2.24) is 19.8 Å². The summed E-state index contributed by atoms with van der Waals surface area (Å²) in [6.45, 7) is 5.79. The zero-order valence-corrected chi connectivity index (χ0v) is 16.4. The summed E-state index contributed by atoms with van der Waals surface area (Å²) in [6.07, 6.45) is 1.68. The molecule has 5 nitrogen and oxygen atoms in total. The van der Waals surface area contributed by atoms with Gasteiger partial charge in [-0.1, -0.05) is 0 Å². The van der Waals surface area contributed by atoms with E-state index in [0.29, 0.717) is 17.2 Å². The fourth-order valence-corrected chi connectivity index (χ4v) is 4.33. The fourth-order valence-electron chi connectivity index (χ4n) is 4.33. The second kappa shape index (κ2) is 8.36.